The molecule has 3 aromatic carbocycles. The highest BCUT2D eigenvalue weighted by Crippen LogP contribution is 2.54. The van der Waals surface area contributed by atoms with Gasteiger partial charge in [0.05, 0.1) is 17.3 Å². The summed E-state index contributed by atoms with van der Waals surface area (Å²) in [6.07, 6.45) is 1.04. The van der Waals surface area contributed by atoms with E-state index < -0.39 is 11.3 Å². The van der Waals surface area contributed by atoms with Crippen molar-refractivity contribution in [3.05, 3.63) is 113 Å². The number of fused-ring (bicyclic) bond motifs is 3. The Hall–Kier alpha value is -4.81. The molecular formula is C32H26N4O2. The van der Waals surface area contributed by atoms with Crippen LogP contribution >= 0.6 is 0 Å². The molecule has 186 valence electrons. The zero-order chi connectivity index (χ0) is 26.7. The van der Waals surface area contributed by atoms with Crippen molar-refractivity contribution >= 4 is 5.97 Å². The third kappa shape index (κ3) is 4.42. The lowest BCUT2D eigenvalue weighted by molar-refractivity contribution is -0.139. The lowest BCUT2D eigenvalue weighted by Gasteiger charge is -2.35. The molecule has 0 radical (unpaired) electrons. The number of nitrogens with zero attached hydrogens (tertiary/aromatic N) is 4. The molecule has 1 aromatic heterocycles. The summed E-state index contributed by atoms with van der Waals surface area (Å²) in [6.45, 7) is 4.02. The molecule has 0 bridgehead atoms. The number of ether oxygens (including phenoxy) is 1. The fraction of sp³-hybridized carbons (Fsp3) is 0.219. The third-order valence-corrected chi connectivity index (χ3v) is 7.30. The molecule has 0 N–H and O–H groups in total. The summed E-state index contributed by atoms with van der Waals surface area (Å²) >= 11 is 0. The van der Waals surface area contributed by atoms with Gasteiger partial charge in [0.25, 0.3) is 0 Å². The maximum Gasteiger partial charge on any atom is 0.314 e. The molecule has 0 amide bonds. The average Bonchev–Trinajstić information content (AvgIpc) is 3.21. The molecule has 1 heterocycles. The Kier molecular flexibility index (Phi) is 6.73. The van der Waals surface area contributed by atoms with Gasteiger partial charge in [0, 0.05) is 11.0 Å². The predicted molar refractivity (Wildman–Crippen MR) is 143 cm³/mol. The molecule has 0 saturated carbocycles. The van der Waals surface area contributed by atoms with Gasteiger partial charge in [0.15, 0.2) is 11.4 Å². The number of aromatic nitrogens is 2. The summed E-state index contributed by atoms with van der Waals surface area (Å²) in [4.78, 5) is 22.7. The first kappa shape index (κ1) is 24.9. The van der Waals surface area contributed by atoms with Gasteiger partial charge in [-0.05, 0) is 42.0 Å². The van der Waals surface area contributed by atoms with E-state index in [0.29, 0.717) is 30.0 Å². The lowest BCUT2D eigenvalue weighted by Crippen LogP contribution is -2.34. The average molecular weight is 499 g/mol. The van der Waals surface area contributed by atoms with Crippen molar-refractivity contribution in [3.63, 3.8) is 0 Å². The van der Waals surface area contributed by atoms with Gasteiger partial charge in [-0.1, -0.05) is 86.6 Å². The van der Waals surface area contributed by atoms with Crippen LogP contribution < -0.4 is 4.74 Å². The molecule has 38 heavy (non-hydrogen) atoms. The van der Waals surface area contributed by atoms with E-state index in [4.69, 9.17) is 9.72 Å². The number of carbonyl (C=O) groups excluding carboxylic acids is 1. The van der Waals surface area contributed by atoms with Crippen LogP contribution in [0, 0.1) is 28.6 Å². The molecule has 6 nitrogen and oxygen atoms in total. The number of hydrogen-bond donors (Lipinski definition) is 0. The minimum atomic E-state index is -0.719. The minimum Gasteiger partial charge on any atom is -0.426 e. The van der Waals surface area contributed by atoms with Crippen molar-refractivity contribution in [3.8, 4) is 29.1 Å². The summed E-state index contributed by atoms with van der Waals surface area (Å²) in [5.74, 6) is -0.222. The number of nitriles is 2. The van der Waals surface area contributed by atoms with E-state index in [1.54, 1.807) is 12.1 Å². The quantitative estimate of drug-likeness (QED) is 0.219. The number of benzene rings is 3. The largest absolute Gasteiger partial charge is 0.426 e. The fourth-order valence-corrected chi connectivity index (χ4v) is 5.58. The molecule has 5 rings (SSSR count). The molecule has 4 aromatic rings. The van der Waals surface area contributed by atoms with Gasteiger partial charge in [-0.2, -0.15) is 10.5 Å². The predicted octanol–water partition coefficient (Wildman–Crippen LogP) is 6.31. The van der Waals surface area contributed by atoms with Crippen LogP contribution in [-0.2, 0) is 10.2 Å². The van der Waals surface area contributed by atoms with Crippen LogP contribution in [0.3, 0.4) is 0 Å². The molecule has 1 aliphatic carbocycles. The standard InChI is InChI=1S/C32H26N4O2/c1-21(23-11-5-3-6-12-23)17-32(18-22(2)31(37)38-24-13-7-4-8-14-24)26-16-10-9-15-25(26)29-30(32)36-28(20-34)27(19-33)35-29/h3-16,21-22H,17-18H2,1-2H3. The fourth-order valence-electron chi connectivity index (χ4n) is 5.58. The number of rotatable bonds is 7. The normalized spacial score (nSPS) is 16.8. The van der Waals surface area contributed by atoms with Crippen molar-refractivity contribution in [2.45, 2.75) is 38.0 Å². The summed E-state index contributed by atoms with van der Waals surface area (Å²) in [5.41, 5.74) is 3.55. The Balaban J connectivity index is 1.64. The van der Waals surface area contributed by atoms with Gasteiger partial charge in [-0.25, -0.2) is 9.97 Å². The van der Waals surface area contributed by atoms with Gasteiger partial charge < -0.3 is 4.74 Å². The van der Waals surface area contributed by atoms with E-state index >= 15 is 0 Å². The van der Waals surface area contributed by atoms with Crippen LogP contribution in [0.5, 0.6) is 5.75 Å². The summed E-state index contributed by atoms with van der Waals surface area (Å²) in [6, 6.07) is 31.2. The first-order valence-electron chi connectivity index (χ1n) is 12.6. The maximum absolute atomic E-state index is 13.3. The van der Waals surface area contributed by atoms with Gasteiger partial charge in [0.2, 0.25) is 0 Å². The van der Waals surface area contributed by atoms with Gasteiger partial charge in [-0.15, -0.1) is 0 Å². The first-order valence-corrected chi connectivity index (χ1v) is 12.6. The van der Waals surface area contributed by atoms with Crippen LogP contribution in [0.25, 0.3) is 11.3 Å². The zero-order valence-corrected chi connectivity index (χ0v) is 21.3. The third-order valence-electron chi connectivity index (χ3n) is 7.30. The zero-order valence-electron chi connectivity index (χ0n) is 21.3. The topological polar surface area (TPSA) is 99.7 Å². The molecule has 1 aliphatic rings. The Morgan fingerprint density at radius 3 is 2.13 bits per heavy atom. The lowest BCUT2D eigenvalue weighted by atomic mass is 9.68. The number of esters is 1. The summed E-state index contributed by atoms with van der Waals surface area (Å²) < 4.78 is 5.71. The second kappa shape index (κ2) is 10.3. The Morgan fingerprint density at radius 1 is 0.842 bits per heavy atom. The van der Waals surface area contributed by atoms with Crippen LogP contribution in [0.1, 0.15) is 60.8 Å². The monoisotopic (exact) mass is 498 g/mol. The highest BCUT2D eigenvalue weighted by Gasteiger charge is 2.48. The van der Waals surface area contributed by atoms with E-state index in [9.17, 15) is 15.3 Å². The van der Waals surface area contributed by atoms with E-state index in [1.807, 2.05) is 79.7 Å². The molecule has 0 spiro atoms. The van der Waals surface area contributed by atoms with E-state index in [2.05, 4.69) is 24.0 Å². The number of hydrogen-bond acceptors (Lipinski definition) is 6. The molecule has 0 aliphatic heterocycles. The number of carbonyl (C=O) groups is 1. The van der Waals surface area contributed by atoms with Crippen molar-refractivity contribution in [1.82, 2.24) is 9.97 Å². The molecule has 0 saturated heterocycles. The minimum absolute atomic E-state index is 0.00416. The SMILES string of the molecule is CC(CC1(CC(C)c2ccccc2)c2ccccc2-c2nc(C#N)c(C#N)nc21)C(=O)Oc1ccccc1. The number of para-hydroxylation sites is 1. The highest BCUT2D eigenvalue weighted by atomic mass is 16.5. The van der Waals surface area contributed by atoms with E-state index in [0.717, 1.165) is 11.1 Å². The van der Waals surface area contributed by atoms with Crippen LogP contribution in [0.15, 0.2) is 84.9 Å². The van der Waals surface area contributed by atoms with Crippen LogP contribution in [-0.4, -0.2) is 15.9 Å². The van der Waals surface area contributed by atoms with Crippen molar-refractivity contribution in [2.24, 2.45) is 5.92 Å². The van der Waals surface area contributed by atoms with Crippen LogP contribution in [0.2, 0.25) is 0 Å². The van der Waals surface area contributed by atoms with Gasteiger partial charge in [0.1, 0.15) is 17.9 Å². The van der Waals surface area contributed by atoms with Crippen molar-refractivity contribution in [2.75, 3.05) is 0 Å². The van der Waals surface area contributed by atoms with Crippen molar-refractivity contribution in [1.29, 1.82) is 10.5 Å². The van der Waals surface area contributed by atoms with Crippen LogP contribution in [0.4, 0.5) is 0 Å². The molecule has 0 fully saturated rings. The Bertz CT molecular complexity index is 1570. The summed E-state index contributed by atoms with van der Waals surface area (Å²) in [5, 5.41) is 19.4. The van der Waals surface area contributed by atoms with Crippen molar-refractivity contribution < 1.29 is 9.53 Å². The van der Waals surface area contributed by atoms with E-state index in [-0.39, 0.29) is 23.3 Å². The second-order valence-electron chi connectivity index (χ2n) is 9.82. The van der Waals surface area contributed by atoms with Gasteiger partial charge >= 0.3 is 5.97 Å². The Labute approximate surface area is 222 Å². The van der Waals surface area contributed by atoms with Gasteiger partial charge in [-0.3, -0.25) is 4.79 Å². The van der Waals surface area contributed by atoms with E-state index in [1.165, 1.54) is 5.56 Å². The molecule has 3 atom stereocenters. The molecule has 6 heteroatoms. The smallest absolute Gasteiger partial charge is 0.314 e. The maximum atomic E-state index is 13.3. The summed E-state index contributed by atoms with van der Waals surface area (Å²) in [7, 11) is 0. The molecular weight excluding hydrogens is 472 g/mol. The highest BCUT2D eigenvalue weighted by molar-refractivity contribution is 5.79. The first-order chi connectivity index (χ1) is 18.5. The Morgan fingerprint density at radius 2 is 1.45 bits per heavy atom. The molecule has 3 unspecified atom stereocenters. The second-order valence-corrected chi connectivity index (χ2v) is 9.82.